The third kappa shape index (κ3) is 5.40. The molecule has 0 saturated carbocycles. The first-order valence-corrected chi connectivity index (χ1v) is 11.3. The standard InChI is InChI=1S/C19H32N4O3S/c1-15-10-16(2)13-22(12-15)14-17(3)21-19-5-4-18(11-20-19)27(24,25)23-6-8-26-9-7-23/h4-5,11,15-17H,6-10,12-14H2,1-3H3,(H,20,21). The highest BCUT2D eigenvalue weighted by atomic mass is 32.2. The molecule has 1 N–H and O–H groups in total. The van der Waals surface area contributed by atoms with Gasteiger partial charge in [-0.15, -0.1) is 0 Å². The van der Waals surface area contributed by atoms with E-state index in [2.05, 4.69) is 36.0 Å². The van der Waals surface area contributed by atoms with Crippen molar-refractivity contribution < 1.29 is 13.2 Å². The summed E-state index contributed by atoms with van der Waals surface area (Å²) in [6.07, 6.45) is 2.75. The van der Waals surface area contributed by atoms with Crippen LogP contribution in [0.5, 0.6) is 0 Å². The molecule has 3 unspecified atom stereocenters. The third-order valence-electron chi connectivity index (χ3n) is 5.21. The molecule has 1 aromatic heterocycles. The fourth-order valence-electron chi connectivity index (χ4n) is 4.18. The third-order valence-corrected chi connectivity index (χ3v) is 7.10. The Morgan fingerprint density at radius 3 is 2.48 bits per heavy atom. The van der Waals surface area contributed by atoms with Crippen LogP contribution in [0.15, 0.2) is 23.2 Å². The first-order valence-electron chi connectivity index (χ1n) is 9.87. The second-order valence-corrected chi connectivity index (χ2v) is 10.0. The summed E-state index contributed by atoms with van der Waals surface area (Å²) in [4.78, 5) is 7.08. The molecular weight excluding hydrogens is 364 g/mol. The molecule has 0 bridgehead atoms. The largest absolute Gasteiger partial charge is 0.379 e. The second kappa shape index (κ2) is 8.86. The number of morpholine rings is 1. The van der Waals surface area contributed by atoms with Gasteiger partial charge in [0.25, 0.3) is 0 Å². The number of piperidine rings is 1. The molecule has 3 rings (SSSR count). The van der Waals surface area contributed by atoms with Crippen molar-refractivity contribution in [2.24, 2.45) is 11.8 Å². The number of rotatable bonds is 6. The lowest BCUT2D eigenvalue weighted by atomic mass is 9.92. The number of sulfonamides is 1. The zero-order chi connectivity index (χ0) is 19.4. The van der Waals surface area contributed by atoms with Crippen LogP contribution in [-0.4, -0.2) is 74.6 Å². The minimum Gasteiger partial charge on any atom is -0.379 e. The summed E-state index contributed by atoms with van der Waals surface area (Å²) in [5.41, 5.74) is 0. The van der Waals surface area contributed by atoms with E-state index in [1.54, 1.807) is 12.1 Å². The Bertz CT molecular complexity index is 694. The number of pyridine rings is 1. The Hall–Kier alpha value is -1.22. The van der Waals surface area contributed by atoms with Crippen LogP contribution in [0.4, 0.5) is 5.82 Å². The molecule has 27 heavy (non-hydrogen) atoms. The van der Waals surface area contributed by atoms with Crippen LogP contribution in [-0.2, 0) is 14.8 Å². The zero-order valence-electron chi connectivity index (χ0n) is 16.6. The SMILES string of the molecule is CC1CC(C)CN(CC(C)Nc2ccc(S(=O)(=O)N3CCOCC3)cn2)C1. The molecule has 152 valence electrons. The summed E-state index contributed by atoms with van der Waals surface area (Å²) >= 11 is 0. The lowest BCUT2D eigenvalue weighted by molar-refractivity contribution is 0.0730. The van der Waals surface area contributed by atoms with Gasteiger partial charge in [-0.3, -0.25) is 0 Å². The predicted molar refractivity (Wildman–Crippen MR) is 106 cm³/mol. The molecule has 2 saturated heterocycles. The molecule has 0 aromatic carbocycles. The van der Waals surface area contributed by atoms with Crippen molar-refractivity contribution in [2.45, 2.75) is 38.1 Å². The van der Waals surface area contributed by atoms with Gasteiger partial charge in [0.05, 0.1) is 13.2 Å². The summed E-state index contributed by atoms with van der Waals surface area (Å²) in [5.74, 6) is 2.19. The number of anilines is 1. The molecule has 0 radical (unpaired) electrons. The van der Waals surface area contributed by atoms with Crippen molar-refractivity contribution in [1.82, 2.24) is 14.2 Å². The Labute approximate surface area is 163 Å². The molecule has 3 heterocycles. The van der Waals surface area contributed by atoms with E-state index in [4.69, 9.17) is 4.74 Å². The van der Waals surface area contributed by atoms with Gasteiger partial charge in [0.2, 0.25) is 10.0 Å². The first-order chi connectivity index (χ1) is 12.8. The molecule has 0 spiro atoms. The summed E-state index contributed by atoms with van der Waals surface area (Å²) in [6.45, 7) is 11.7. The molecule has 2 aliphatic heterocycles. The number of likely N-dealkylation sites (tertiary alicyclic amines) is 1. The number of hydrogen-bond donors (Lipinski definition) is 1. The molecule has 2 fully saturated rings. The van der Waals surface area contributed by atoms with Gasteiger partial charge in [-0.1, -0.05) is 13.8 Å². The van der Waals surface area contributed by atoms with Crippen LogP contribution in [0.2, 0.25) is 0 Å². The van der Waals surface area contributed by atoms with E-state index in [9.17, 15) is 8.42 Å². The number of aromatic nitrogens is 1. The Balaban J connectivity index is 1.57. The van der Waals surface area contributed by atoms with Crippen LogP contribution in [0, 0.1) is 11.8 Å². The lowest BCUT2D eigenvalue weighted by Crippen LogP contribution is -2.43. The lowest BCUT2D eigenvalue weighted by Gasteiger charge is -2.36. The number of ether oxygens (including phenoxy) is 1. The van der Waals surface area contributed by atoms with Gasteiger partial charge in [0.1, 0.15) is 10.7 Å². The van der Waals surface area contributed by atoms with Gasteiger partial charge in [-0.25, -0.2) is 13.4 Å². The van der Waals surface area contributed by atoms with E-state index in [1.165, 1.54) is 16.9 Å². The maximum absolute atomic E-state index is 12.6. The Kier molecular flexibility index (Phi) is 6.73. The molecule has 2 aliphatic rings. The van der Waals surface area contributed by atoms with E-state index >= 15 is 0 Å². The van der Waals surface area contributed by atoms with Gasteiger partial charge >= 0.3 is 0 Å². The average Bonchev–Trinajstić information content (AvgIpc) is 2.62. The van der Waals surface area contributed by atoms with Gasteiger partial charge in [0, 0.05) is 45.0 Å². The number of nitrogens with zero attached hydrogens (tertiary/aromatic N) is 3. The quantitative estimate of drug-likeness (QED) is 0.791. The van der Waals surface area contributed by atoms with Gasteiger partial charge < -0.3 is 15.0 Å². The average molecular weight is 397 g/mol. The van der Waals surface area contributed by atoms with E-state index in [-0.39, 0.29) is 10.9 Å². The maximum Gasteiger partial charge on any atom is 0.244 e. The van der Waals surface area contributed by atoms with Gasteiger partial charge in [0.15, 0.2) is 0 Å². The van der Waals surface area contributed by atoms with Crippen molar-refractivity contribution in [2.75, 3.05) is 51.3 Å². The molecule has 7 nitrogen and oxygen atoms in total. The van der Waals surface area contributed by atoms with E-state index in [0.29, 0.717) is 32.1 Å². The smallest absolute Gasteiger partial charge is 0.244 e. The van der Waals surface area contributed by atoms with Crippen molar-refractivity contribution in [3.8, 4) is 0 Å². The highest BCUT2D eigenvalue weighted by Gasteiger charge is 2.27. The number of nitrogens with one attached hydrogen (secondary N) is 1. The van der Waals surface area contributed by atoms with Crippen molar-refractivity contribution >= 4 is 15.8 Å². The van der Waals surface area contributed by atoms with E-state index in [0.717, 1.165) is 31.5 Å². The molecule has 1 aromatic rings. The highest BCUT2D eigenvalue weighted by molar-refractivity contribution is 7.89. The minimum atomic E-state index is -3.49. The van der Waals surface area contributed by atoms with Crippen LogP contribution < -0.4 is 5.32 Å². The molecule has 0 aliphatic carbocycles. The summed E-state index contributed by atoms with van der Waals surface area (Å²) in [6, 6.07) is 3.64. The monoisotopic (exact) mass is 396 g/mol. The van der Waals surface area contributed by atoms with Crippen molar-refractivity contribution in [3.05, 3.63) is 18.3 Å². The molecule has 3 atom stereocenters. The van der Waals surface area contributed by atoms with Crippen LogP contribution in [0.3, 0.4) is 0 Å². The van der Waals surface area contributed by atoms with Crippen molar-refractivity contribution in [1.29, 1.82) is 0 Å². The van der Waals surface area contributed by atoms with E-state index < -0.39 is 10.0 Å². The van der Waals surface area contributed by atoms with E-state index in [1.807, 2.05) is 0 Å². The predicted octanol–water partition coefficient (Wildman–Crippen LogP) is 1.88. The topological polar surface area (TPSA) is 74.8 Å². The highest BCUT2D eigenvalue weighted by Crippen LogP contribution is 2.22. The molecule has 0 amide bonds. The Morgan fingerprint density at radius 2 is 1.89 bits per heavy atom. The second-order valence-electron chi connectivity index (χ2n) is 8.11. The summed E-state index contributed by atoms with van der Waals surface area (Å²) in [5, 5.41) is 3.40. The maximum atomic E-state index is 12.6. The van der Waals surface area contributed by atoms with Crippen LogP contribution in [0.25, 0.3) is 0 Å². The first kappa shape index (κ1) is 20.5. The fourth-order valence-corrected chi connectivity index (χ4v) is 5.53. The van der Waals surface area contributed by atoms with Crippen LogP contribution in [0.1, 0.15) is 27.2 Å². The summed E-state index contributed by atoms with van der Waals surface area (Å²) in [7, 11) is -3.49. The molecule has 8 heteroatoms. The fraction of sp³-hybridized carbons (Fsp3) is 0.737. The Morgan fingerprint density at radius 1 is 1.22 bits per heavy atom. The number of hydrogen-bond acceptors (Lipinski definition) is 6. The summed E-state index contributed by atoms with van der Waals surface area (Å²) < 4.78 is 32.0. The minimum absolute atomic E-state index is 0.237. The molecular formula is C19H32N4O3S. The van der Waals surface area contributed by atoms with Gasteiger partial charge in [-0.05, 0) is 37.3 Å². The van der Waals surface area contributed by atoms with Gasteiger partial charge in [-0.2, -0.15) is 4.31 Å². The normalized spacial score (nSPS) is 26.6. The zero-order valence-corrected chi connectivity index (χ0v) is 17.4. The van der Waals surface area contributed by atoms with Crippen molar-refractivity contribution in [3.63, 3.8) is 0 Å². The van der Waals surface area contributed by atoms with Crippen LogP contribution >= 0.6 is 0 Å².